The third kappa shape index (κ3) is 38.3. The zero-order valence-corrected chi connectivity index (χ0v) is 42.8. The fraction of sp³-hybridized carbons (Fsp3) is 0.796. The number of hydrogen-bond donors (Lipinski definition) is 4. The van der Waals surface area contributed by atoms with Crippen LogP contribution in [0, 0.1) is 0 Å². The van der Waals surface area contributed by atoms with E-state index in [-0.39, 0.29) is 19.6 Å². The molecule has 6 unspecified atom stereocenters. The van der Waals surface area contributed by atoms with Gasteiger partial charge >= 0.3 is 16.4 Å². The predicted molar refractivity (Wildman–Crippen MR) is 271 cm³/mol. The molecule has 0 aliphatic carbocycles. The van der Waals surface area contributed by atoms with Crippen LogP contribution < -0.4 is 0 Å². The highest BCUT2D eigenvalue weighted by Gasteiger charge is 2.48. The predicted octanol–water partition coefficient (Wildman–Crippen LogP) is 12.5. The molecule has 4 N–H and O–H groups in total. The largest absolute Gasteiger partial charge is 0.457 e. The van der Waals surface area contributed by atoms with Gasteiger partial charge < -0.3 is 34.3 Å². The minimum Gasteiger partial charge on any atom is -0.457 e. The number of carbonyl (C=O) groups excluding carboxylic acids is 1. The highest BCUT2D eigenvalue weighted by atomic mass is 32.3. The molecule has 0 aromatic carbocycles. The molecule has 1 aliphatic heterocycles. The van der Waals surface area contributed by atoms with Gasteiger partial charge in [0.25, 0.3) is 0 Å². The molecular formula is C54H96O12S. The second-order valence-corrected chi connectivity index (χ2v) is 19.1. The average molecular weight is 969 g/mol. The molecule has 1 aliphatic rings. The van der Waals surface area contributed by atoms with Gasteiger partial charge in [-0.05, 0) is 51.4 Å². The zero-order chi connectivity index (χ0) is 48.9. The molecule has 0 bridgehead atoms. The van der Waals surface area contributed by atoms with Crippen molar-refractivity contribution in [2.45, 2.75) is 250 Å². The van der Waals surface area contributed by atoms with Crippen molar-refractivity contribution in [2.75, 3.05) is 26.4 Å². The van der Waals surface area contributed by atoms with Crippen LogP contribution >= 0.6 is 0 Å². The van der Waals surface area contributed by atoms with Gasteiger partial charge in [0, 0.05) is 13.0 Å². The summed E-state index contributed by atoms with van der Waals surface area (Å²) in [5, 5.41) is 30.8. The van der Waals surface area contributed by atoms with E-state index in [0.717, 1.165) is 51.4 Å². The van der Waals surface area contributed by atoms with E-state index >= 15 is 0 Å². The first-order valence-corrected chi connectivity index (χ1v) is 27.9. The van der Waals surface area contributed by atoms with E-state index < -0.39 is 59.8 Å². The number of aliphatic hydroxyl groups excluding tert-OH is 3. The minimum absolute atomic E-state index is 0.0135. The maximum atomic E-state index is 12.9. The first-order chi connectivity index (χ1) is 32.6. The van der Waals surface area contributed by atoms with Gasteiger partial charge in [-0.15, -0.1) is 0 Å². The Morgan fingerprint density at radius 2 is 1.01 bits per heavy atom. The Hall–Kier alpha value is -2.20. The number of carbonyl (C=O) groups is 1. The van der Waals surface area contributed by atoms with E-state index in [0.29, 0.717) is 19.4 Å². The van der Waals surface area contributed by atoms with Gasteiger partial charge in [-0.1, -0.05) is 216 Å². The lowest BCUT2D eigenvalue weighted by atomic mass is 9.99. The fourth-order valence-electron chi connectivity index (χ4n) is 7.95. The van der Waals surface area contributed by atoms with Crippen molar-refractivity contribution < 1.29 is 56.2 Å². The Morgan fingerprint density at radius 1 is 0.582 bits per heavy atom. The lowest BCUT2D eigenvalue weighted by Gasteiger charge is -2.41. The van der Waals surface area contributed by atoms with Crippen molar-refractivity contribution in [2.24, 2.45) is 0 Å². The minimum atomic E-state index is -5.07. The number of rotatable bonds is 46. The summed E-state index contributed by atoms with van der Waals surface area (Å²) >= 11 is 0. The van der Waals surface area contributed by atoms with E-state index in [1.54, 1.807) is 0 Å². The van der Waals surface area contributed by atoms with E-state index in [1.807, 2.05) is 6.08 Å². The number of ether oxygens (including phenoxy) is 4. The third-order valence-electron chi connectivity index (χ3n) is 11.9. The van der Waals surface area contributed by atoms with Crippen LogP contribution in [0.2, 0.25) is 0 Å². The van der Waals surface area contributed by atoms with Crippen molar-refractivity contribution in [3.8, 4) is 0 Å². The molecule has 1 rings (SSSR count). The van der Waals surface area contributed by atoms with Gasteiger partial charge in [0.1, 0.15) is 30.5 Å². The molecule has 12 nitrogen and oxygen atoms in total. The van der Waals surface area contributed by atoms with Crippen molar-refractivity contribution in [3.63, 3.8) is 0 Å². The molecule has 1 heterocycles. The first kappa shape index (κ1) is 62.8. The van der Waals surface area contributed by atoms with Crippen LogP contribution in [-0.2, 0) is 38.3 Å². The topological polar surface area (TPSA) is 178 Å². The van der Waals surface area contributed by atoms with Gasteiger partial charge in [-0.3, -0.25) is 9.35 Å². The van der Waals surface area contributed by atoms with Crippen molar-refractivity contribution in [3.05, 3.63) is 60.8 Å². The Morgan fingerprint density at radius 3 is 1.45 bits per heavy atom. The maximum Gasteiger partial charge on any atom is 0.397 e. The van der Waals surface area contributed by atoms with Crippen molar-refractivity contribution in [1.82, 2.24) is 0 Å². The van der Waals surface area contributed by atoms with Crippen LogP contribution in [0.1, 0.15) is 213 Å². The molecular weight excluding hydrogens is 873 g/mol. The summed E-state index contributed by atoms with van der Waals surface area (Å²) in [4.78, 5) is 12.9. The molecule has 6 atom stereocenters. The second-order valence-electron chi connectivity index (χ2n) is 18.1. The molecule has 0 aromatic heterocycles. The normalized spacial score (nSPS) is 19.9. The zero-order valence-electron chi connectivity index (χ0n) is 41.9. The summed E-state index contributed by atoms with van der Waals surface area (Å²) in [5.74, 6) is -0.453. The molecule has 0 spiro atoms. The van der Waals surface area contributed by atoms with E-state index in [9.17, 15) is 33.1 Å². The van der Waals surface area contributed by atoms with Gasteiger partial charge in [0.2, 0.25) is 0 Å². The molecule has 1 fully saturated rings. The molecule has 13 heteroatoms. The molecule has 0 aromatic rings. The number of esters is 1. The van der Waals surface area contributed by atoms with Crippen LogP contribution in [0.5, 0.6) is 0 Å². The third-order valence-corrected chi connectivity index (χ3v) is 12.4. The summed E-state index contributed by atoms with van der Waals surface area (Å²) in [5.41, 5.74) is 0. The molecule has 0 amide bonds. The summed E-state index contributed by atoms with van der Waals surface area (Å²) in [7, 11) is -5.07. The number of aliphatic hydroxyl groups is 3. The Balaban J connectivity index is 2.35. The Bertz CT molecular complexity index is 1400. The van der Waals surface area contributed by atoms with Gasteiger partial charge in [0.15, 0.2) is 6.29 Å². The number of hydrogen-bond acceptors (Lipinski definition) is 11. The summed E-state index contributed by atoms with van der Waals surface area (Å²) in [6.07, 6.45) is 48.4. The average Bonchev–Trinajstić information content (AvgIpc) is 3.30. The van der Waals surface area contributed by atoms with Gasteiger partial charge in [-0.25, -0.2) is 4.18 Å². The first-order valence-electron chi connectivity index (χ1n) is 26.5. The van der Waals surface area contributed by atoms with Gasteiger partial charge in [0.05, 0.1) is 19.8 Å². The van der Waals surface area contributed by atoms with Crippen molar-refractivity contribution in [1.29, 1.82) is 0 Å². The van der Waals surface area contributed by atoms with E-state index in [1.165, 1.54) is 128 Å². The van der Waals surface area contributed by atoms with E-state index in [4.69, 9.17) is 18.9 Å². The molecule has 1 saturated heterocycles. The Labute approximate surface area is 408 Å². The standard InChI is InChI=1S/C54H96O12S/c1-3-5-7-9-11-13-15-17-19-21-22-23-24-25-26-28-30-32-34-36-38-40-42-44-62-46-48(47-63-54-52(58)53(66-67(59,60)61)51(57)49(45-55)65-54)64-50(56)43-41-39-37-35-33-31-29-27-20-18-16-14-12-10-8-6-4-2/h6,8,12,14,18,20,29,31,35,37,48-49,51-55,57-58H,3-5,7,9-11,13,15-17,19,21-28,30,32-34,36,38-47H2,1-2H3,(H,59,60,61)/b8-6-,14-12-,20-18-,31-29-,37-35-. The lowest BCUT2D eigenvalue weighted by molar-refractivity contribution is -0.301. The van der Waals surface area contributed by atoms with Crippen LogP contribution in [0.3, 0.4) is 0 Å². The summed E-state index contributed by atoms with van der Waals surface area (Å²) in [6, 6.07) is 0. The molecule has 390 valence electrons. The molecule has 0 radical (unpaired) electrons. The fourth-order valence-corrected chi connectivity index (χ4v) is 8.45. The molecule has 0 saturated carbocycles. The highest BCUT2D eigenvalue weighted by Crippen LogP contribution is 2.26. The smallest absolute Gasteiger partial charge is 0.397 e. The summed E-state index contributed by atoms with van der Waals surface area (Å²) < 4.78 is 59.2. The summed E-state index contributed by atoms with van der Waals surface area (Å²) in [6.45, 7) is 3.83. The van der Waals surface area contributed by atoms with Crippen LogP contribution in [0.15, 0.2) is 60.8 Å². The monoisotopic (exact) mass is 969 g/mol. The molecule has 67 heavy (non-hydrogen) atoms. The van der Waals surface area contributed by atoms with Gasteiger partial charge in [-0.2, -0.15) is 8.42 Å². The van der Waals surface area contributed by atoms with Crippen LogP contribution in [0.4, 0.5) is 0 Å². The second kappa shape index (κ2) is 45.0. The van der Waals surface area contributed by atoms with Crippen LogP contribution in [0.25, 0.3) is 0 Å². The SMILES string of the molecule is CC/C=C\C/C=C\C/C=C\C/C=C\C/C=C\CCCC(=O)OC(COCCCCCCCCCCCCCCCCCCCCCCCCC)COC1OC(CO)C(O)C(OS(=O)(=O)O)C1O. The number of unbranched alkanes of at least 4 members (excludes halogenated alkanes) is 23. The van der Waals surface area contributed by atoms with Crippen molar-refractivity contribution >= 4 is 16.4 Å². The highest BCUT2D eigenvalue weighted by molar-refractivity contribution is 7.80. The Kier molecular flexibility index (Phi) is 42.2. The lowest BCUT2D eigenvalue weighted by Crippen LogP contribution is -2.60. The van der Waals surface area contributed by atoms with Crippen LogP contribution in [-0.4, -0.2) is 97.5 Å². The van der Waals surface area contributed by atoms with E-state index in [2.05, 4.69) is 72.7 Å². The quantitative estimate of drug-likeness (QED) is 0.0197. The number of allylic oxidation sites excluding steroid dienone is 10. The maximum absolute atomic E-state index is 12.9.